The van der Waals surface area contributed by atoms with Crippen LogP contribution in [-0.2, 0) is 4.79 Å². The molecule has 24 heavy (non-hydrogen) atoms. The highest BCUT2D eigenvalue weighted by Crippen LogP contribution is 2.28. The molecule has 2 aliphatic rings. The molecule has 0 spiro atoms. The Hall–Kier alpha value is -0.530. The lowest BCUT2D eigenvalue weighted by Gasteiger charge is -2.34. The highest BCUT2D eigenvalue weighted by Gasteiger charge is 2.23. The van der Waals surface area contributed by atoms with Crippen molar-refractivity contribution in [3.8, 4) is 0 Å². The molecule has 0 unspecified atom stereocenters. The van der Waals surface area contributed by atoms with Gasteiger partial charge >= 0.3 is 0 Å². The van der Waals surface area contributed by atoms with Crippen molar-refractivity contribution in [1.82, 2.24) is 15.5 Å². The molecule has 0 radical (unpaired) electrons. The first-order valence-electron chi connectivity index (χ1n) is 9.39. The summed E-state index contributed by atoms with van der Waals surface area (Å²) < 4.78 is 0. The van der Waals surface area contributed by atoms with E-state index in [0.29, 0.717) is 12.3 Å². The molecule has 2 N–H and O–H groups in total. The lowest BCUT2D eigenvalue weighted by molar-refractivity contribution is -0.121. The van der Waals surface area contributed by atoms with Gasteiger partial charge in [0.15, 0.2) is 5.96 Å². The zero-order valence-corrected chi connectivity index (χ0v) is 17.7. The fourth-order valence-electron chi connectivity index (χ4n) is 3.94. The van der Waals surface area contributed by atoms with E-state index in [1.165, 1.54) is 38.5 Å². The van der Waals surface area contributed by atoms with Gasteiger partial charge in [-0.2, -0.15) is 0 Å². The van der Waals surface area contributed by atoms with E-state index in [-0.39, 0.29) is 29.9 Å². The van der Waals surface area contributed by atoms with Crippen LogP contribution in [0.2, 0.25) is 0 Å². The summed E-state index contributed by atoms with van der Waals surface area (Å²) in [6, 6.07) is 0. The molecular weight excluding hydrogens is 415 g/mol. The molecule has 0 aromatic heterocycles. The molecule has 1 aliphatic carbocycles. The fourth-order valence-corrected chi connectivity index (χ4v) is 3.94. The van der Waals surface area contributed by atoms with Crippen molar-refractivity contribution in [3.63, 3.8) is 0 Å². The largest absolute Gasteiger partial charge is 0.359 e. The first-order valence-corrected chi connectivity index (χ1v) is 9.39. The van der Waals surface area contributed by atoms with Gasteiger partial charge in [0.2, 0.25) is 5.91 Å². The molecule has 0 atom stereocenters. The van der Waals surface area contributed by atoms with Crippen LogP contribution in [-0.4, -0.2) is 50.5 Å². The van der Waals surface area contributed by atoms with Gasteiger partial charge in [-0.1, -0.05) is 25.7 Å². The third-order valence-corrected chi connectivity index (χ3v) is 5.43. The molecular formula is C18H35IN4O. The molecule has 1 aliphatic heterocycles. The number of halogens is 1. The maximum Gasteiger partial charge on any atom is 0.220 e. The van der Waals surface area contributed by atoms with E-state index >= 15 is 0 Å². The molecule has 0 aromatic rings. The summed E-state index contributed by atoms with van der Waals surface area (Å²) in [5.41, 5.74) is 0. The van der Waals surface area contributed by atoms with E-state index in [1.54, 1.807) is 7.05 Å². The van der Waals surface area contributed by atoms with Gasteiger partial charge in [-0.05, 0) is 37.5 Å². The summed E-state index contributed by atoms with van der Waals surface area (Å²) in [6.45, 7) is 3.04. The standard InChI is InChI=1S/C18H34N4O.HI/c1-19-17(23)14-16-9-12-22(13-10-16)18(20-2)21-11-5-8-15-6-3-4-7-15;/h15-16H,3-14H2,1-2H3,(H,19,23)(H,20,21);1H. The maximum absolute atomic E-state index is 11.5. The van der Waals surface area contributed by atoms with E-state index in [0.717, 1.165) is 44.4 Å². The number of carbonyl (C=O) groups is 1. The van der Waals surface area contributed by atoms with Gasteiger partial charge in [-0.3, -0.25) is 9.79 Å². The Labute approximate surface area is 164 Å². The third kappa shape index (κ3) is 7.15. The average Bonchev–Trinajstić information content (AvgIpc) is 3.09. The molecule has 0 bridgehead atoms. The summed E-state index contributed by atoms with van der Waals surface area (Å²) in [7, 11) is 3.59. The average molecular weight is 450 g/mol. The number of hydrogen-bond donors (Lipinski definition) is 2. The Morgan fingerprint density at radius 2 is 1.79 bits per heavy atom. The second kappa shape index (κ2) is 11.9. The maximum atomic E-state index is 11.5. The van der Waals surface area contributed by atoms with Crippen LogP contribution >= 0.6 is 24.0 Å². The Bertz CT molecular complexity index is 388. The summed E-state index contributed by atoms with van der Waals surface area (Å²) in [5, 5.41) is 6.25. The highest BCUT2D eigenvalue weighted by atomic mass is 127. The van der Waals surface area contributed by atoms with Crippen LogP contribution in [0.5, 0.6) is 0 Å². The highest BCUT2D eigenvalue weighted by molar-refractivity contribution is 14.0. The van der Waals surface area contributed by atoms with Gasteiger partial charge < -0.3 is 15.5 Å². The van der Waals surface area contributed by atoms with Crippen molar-refractivity contribution in [3.05, 3.63) is 0 Å². The van der Waals surface area contributed by atoms with Crippen LogP contribution in [0, 0.1) is 11.8 Å². The van der Waals surface area contributed by atoms with Crippen molar-refractivity contribution in [1.29, 1.82) is 0 Å². The van der Waals surface area contributed by atoms with Crippen molar-refractivity contribution in [2.24, 2.45) is 16.8 Å². The van der Waals surface area contributed by atoms with Crippen molar-refractivity contribution >= 4 is 35.8 Å². The van der Waals surface area contributed by atoms with Crippen molar-refractivity contribution < 1.29 is 4.79 Å². The zero-order valence-electron chi connectivity index (χ0n) is 15.4. The van der Waals surface area contributed by atoms with Gasteiger partial charge in [0.1, 0.15) is 0 Å². The number of amides is 1. The lowest BCUT2D eigenvalue weighted by atomic mass is 9.93. The van der Waals surface area contributed by atoms with E-state index in [4.69, 9.17) is 0 Å². The van der Waals surface area contributed by atoms with E-state index in [1.807, 2.05) is 7.05 Å². The molecule has 1 heterocycles. The van der Waals surface area contributed by atoms with Gasteiger partial charge in [-0.15, -0.1) is 24.0 Å². The number of piperidine rings is 1. The molecule has 5 nitrogen and oxygen atoms in total. The van der Waals surface area contributed by atoms with Gasteiger partial charge in [-0.25, -0.2) is 0 Å². The number of hydrogen-bond acceptors (Lipinski definition) is 2. The Kier molecular flexibility index (Phi) is 10.7. The van der Waals surface area contributed by atoms with Crippen LogP contribution in [0.15, 0.2) is 4.99 Å². The normalized spacial score (nSPS) is 19.9. The summed E-state index contributed by atoms with van der Waals surface area (Å²) >= 11 is 0. The van der Waals surface area contributed by atoms with E-state index in [9.17, 15) is 4.79 Å². The number of carbonyl (C=O) groups excluding carboxylic acids is 1. The molecule has 1 saturated carbocycles. The summed E-state index contributed by atoms with van der Waals surface area (Å²) in [5.74, 6) is 2.69. The molecule has 2 rings (SSSR count). The first kappa shape index (κ1) is 21.5. The minimum absolute atomic E-state index is 0. The van der Waals surface area contributed by atoms with E-state index in [2.05, 4.69) is 20.5 Å². The van der Waals surface area contributed by atoms with Crippen molar-refractivity contribution in [2.45, 2.75) is 57.8 Å². The molecule has 6 heteroatoms. The second-order valence-electron chi connectivity index (χ2n) is 7.07. The lowest BCUT2D eigenvalue weighted by Crippen LogP contribution is -2.46. The van der Waals surface area contributed by atoms with Crippen LogP contribution < -0.4 is 10.6 Å². The number of guanidine groups is 1. The first-order chi connectivity index (χ1) is 11.2. The topological polar surface area (TPSA) is 56.7 Å². The second-order valence-corrected chi connectivity index (χ2v) is 7.07. The summed E-state index contributed by atoms with van der Waals surface area (Å²) in [6.07, 6.45) is 11.2. The van der Waals surface area contributed by atoms with Crippen LogP contribution in [0.4, 0.5) is 0 Å². The molecule has 2 fully saturated rings. The minimum atomic E-state index is 0. The predicted molar refractivity (Wildman–Crippen MR) is 111 cm³/mol. The van der Waals surface area contributed by atoms with E-state index < -0.39 is 0 Å². The predicted octanol–water partition coefficient (Wildman–Crippen LogP) is 3.00. The van der Waals surface area contributed by atoms with Gasteiger partial charge in [0.05, 0.1) is 0 Å². The monoisotopic (exact) mass is 450 g/mol. The smallest absolute Gasteiger partial charge is 0.220 e. The molecule has 1 amide bonds. The molecule has 0 aromatic carbocycles. The number of aliphatic imine (C=N–C) groups is 1. The quantitative estimate of drug-likeness (QED) is 0.283. The SMILES string of the molecule is CN=C(NCCCC1CCCC1)N1CCC(CC(=O)NC)CC1.I. The molecule has 140 valence electrons. The van der Waals surface area contributed by atoms with Gasteiger partial charge in [0.25, 0.3) is 0 Å². The molecule has 1 saturated heterocycles. The van der Waals surface area contributed by atoms with Crippen LogP contribution in [0.3, 0.4) is 0 Å². The Morgan fingerprint density at radius 3 is 2.38 bits per heavy atom. The Balaban J connectivity index is 0.00000288. The number of nitrogens with one attached hydrogen (secondary N) is 2. The third-order valence-electron chi connectivity index (χ3n) is 5.43. The number of rotatable bonds is 6. The Morgan fingerprint density at radius 1 is 1.12 bits per heavy atom. The zero-order chi connectivity index (χ0) is 16.5. The number of nitrogens with zero attached hydrogens (tertiary/aromatic N) is 2. The number of likely N-dealkylation sites (tertiary alicyclic amines) is 1. The van der Waals surface area contributed by atoms with Crippen LogP contribution in [0.1, 0.15) is 57.8 Å². The summed E-state index contributed by atoms with van der Waals surface area (Å²) in [4.78, 5) is 18.3. The van der Waals surface area contributed by atoms with Gasteiger partial charge in [0, 0.05) is 40.2 Å². The van der Waals surface area contributed by atoms with Crippen molar-refractivity contribution in [2.75, 3.05) is 33.7 Å². The van der Waals surface area contributed by atoms with Crippen LogP contribution in [0.25, 0.3) is 0 Å². The minimum Gasteiger partial charge on any atom is -0.359 e. The fraction of sp³-hybridized carbons (Fsp3) is 0.889.